The molecule has 0 N–H and O–H groups in total. The topological polar surface area (TPSA) is 81.2 Å². The molecule has 1 fully saturated rings. The van der Waals surface area contributed by atoms with Gasteiger partial charge in [-0.3, -0.25) is 14.2 Å². The van der Waals surface area contributed by atoms with Crippen molar-refractivity contribution in [2.24, 2.45) is 5.92 Å². The van der Waals surface area contributed by atoms with Crippen LogP contribution < -0.4 is 5.56 Å². The highest BCUT2D eigenvalue weighted by Gasteiger charge is 2.21. The van der Waals surface area contributed by atoms with E-state index in [-0.39, 0.29) is 23.7 Å². The van der Waals surface area contributed by atoms with Gasteiger partial charge in [-0.1, -0.05) is 12.1 Å². The number of likely N-dealkylation sites (tertiary alicyclic amines) is 1. The quantitative estimate of drug-likeness (QED) is 0.822. The van der Waals surface area contributed by atoms with E-state index < -0.39 is 0 Å². The molecule has 0 unspecified atom stereocenters. The number of amides is 1. The molecule has 112 valence electrons. The van der Waals surface area contributed by atoms with Crippen molar-refractivity contribution in [3.63, 3.8) is 0 Å². The minimum atomic E-state index is -0.280. The summed E-state index contributed by atoms with van der Waals surface area (Å²) in [6, 6.07) is 0. The maximum Gasteiger partial charge on any atom is 0.267 e. The van der Waals surface area contributed by atoms with Crippen LogP contribution in [-0.2, 0) is 11.3 Å². The van der Waals surface area contributed by atoms with Gasteiger partial charge in [0.25, 0.3) is 11.3 Å². The summed E-state index contributed by atoms with van der Waals surface area (Å²) in [6.45, 7) is 5.42. The predicted octanol–water partition coefficient (Wildman–Crippen LogP) is 0.951. The van der Waals surface area contributed by atoms with Gasteiger partial charge >= 0.3 is 0 Å². The summed E-state index contributed by atoms with van der Waals surface area (Å²) < 4.78 is 6.27. The number of rotatable bonds is 2. The lowest BCUT2D eigenvalue weighted by Gasteiger charge is -2.30. The highest BCUT2D eigenvalue weighted by molar-refractivity contribution is 5.77. The molecule has 3 heterocycles. The zero-order valence-corrected chi connectivity index (χ0v) is 12.2. The number of hydrogen-bond donors (Lipinski definition) is 0. The molecule has 21 heavy (non-hydrogen) atoms. The Bertz CT molecular complexity index is 725. The van der Waals surface area contributed by atoms with Crippen LogP contribution in [0.3, 0.4) is 0 Å². The van der Waals surface area contributed by atoms with Crippen molar-refractivity contribution in [3.8, 4) is 0 Å². The van der Waals surface area contributed by atoms with Crippen molar-refractivity contribution in [2.45, 2.75) is 33.2 Å². The summed E-state index contributed by atoms with van der Waals surface area (Å²) in [5.74, 6) is 0.619. The van der Waals surface area contributed by atoms with Crippen molar-refractivity contribution in [2.75, 3.05) is 13.1 Å². The molecule has 7 nitrogen and oxygen atoms in total. The van der Waals surface area contributed by atoms with Gasteiger partial charge in [-0.15, -0.1) is 0 Å². The zero-order valence-electron chi connectivity index (χ0n) is 12.2. The summed E-state index contributed by atoms with van der Waals surface area (Å²) in [5, 5.41) is 4.07. The number of piperidine rings is 1. The first-order valence-corrected chi connectivity index (χ1v) is 7.15. The van der Waals surface area contributed by atoms with Crippen molar-refractivity contribution >= 4 is 17.0 Å². The van der Waals surface area contributed by atoms with Gasteiger partial charge in [0.15, 0.2) is 0 Å². The van der Waals surface area contributed by atoms with Crippen molar-refractivity contribution < 1.29 is 9.32 Å². The van der Waals surface area contributed by atoms with Crippen LogP contribution in [0.15, 0.2) is 15.6 Å². The number of hydrogen-bond acceptors (Lipinski definition) is 5. The lowest BCUT2D eigenvalue weighted by atomic mass is 9.99. The molecule has 0 aromatic carbocycles. The summed E-state index contributed by atoms with van der Waals surface area (Å²) in [5.41, 5.74) is 0.432. The first kappa shape index (κ1) is 13.8. The molecule has 1 saturated heterocycles. The number of carbonyl (C=O) groups excluding carboxylic acids is 1. The van der Waals surface area contributed by atoms with Crippen LogP contribution in [-0.4, -0.2) is 38.6 Å². The molecule has 7 heteroatoms. The van der Waals surface area contributed by atoms with Gasteiger partial charge in [0.2, 0.25) is 5.91 Å². The Labute approximate surface area is 121 Å². The van der Waals surface area contributed by atoms with Crippen LogP contribution in [0.5, 0.6) is 0 Å². The molecule has 1 aliphatic rings. The molecule has 2 aromatic heterocycles. The highest BCUT2D eigenvalue weighted by Crippen LogP contribution is 2.16. The number of carbonyl (C=O) groups is 1. The maximum absolute atomic E-state index is 12.3. The Balaban J connectivity index is 1.81. The van der Waals surface area contributed by atoms with Crippen LogP contribution in [0.1, 0.15) is 25.5 Å². The van der Waals surface area contributed by atoms with Crippen LogP contribution in [0.25, 0.3) is 11.1 Å². The second-order valence-electron chi connectivity index (χ2n) is 5.69. The fourth-order valence-corrected chi connectivity index (χ4v) is 2.63. The van der Waals surface area contributed by atoms with Gasteiger partial charge in [-0.2, -0.15) is 0 Å². The molecular weight excluding hydrogens is 272 g/mol. The maximum atomic E-state index is 12.3. The van der Waals surface area contributed by atoms with E-state index in [2.05, 4.69) is 17.1 Å². The van der Waals surface area contributed by atoms with E-state index in [0.29, 0.717) is 17.0 Å². The van der Waals surface area contributed by atoms with E-state index >= 15 is 0 Å². The molecule has 0 saturated carbocycles. The van der Waals surface area contributed by atoms with Crippen LogP contribution in [0, 0.1) is 12.8 Å². The Morgan fingerprint density at radius 2 is 2.14 bits per heavy atom. The SMILES string of the molecule is Cc1noc2ncn(CC(=O)N3CCC(C)CC3)c(=O)c12. The Hall–Kier alpha value is -2.18. The van der Waals surface area contributed by atoms with Gasteiger partial charge in [-0.25, -0.2) is 4.98 Å². The average Bonchev–Trinajstić information content (AvgIpc) is 2.85. The molecule has 0 atom stereocenters. The van der Waals surface area contributed by atoms with Gasteiger partial charge in [0, 0.05) is 13.1 Å². The van der Waals surface area contributed by atoms with Crippen LogP contribution >= 0.6 is 0 Å². The third-order valence-corrected chi connectivity index (χ3v) is 4.08. The minimum Gasteiger partial charge on any atom is -0.341 e. The second-order valence-corrected chi connectivity index (χ2v) is 5.69. The van der Waals surface area contributed by atoms with E-state index in [4.69, 9.17) is 4.52 Å². The predicted molar refractivity (Wildman–Crippen MR) is 75.8 cm³/mol. The molecule has 1 aliphatic heterocycles. The van der Waals surface area contributed by atoms with Crippen LogP contribution in [0.4, 0.5) is 0 Å². The Kier molecular flexibility index (Phi) is 3.48. The molecule has 1 amide bonds. The van der Waals surface area contributed by atoms with E-state index in [9.17, 15) is 9.59 Å². The minimum absolute atomic E-state index is 0.0147. The summed E-state index contributed by atoms with van der Waals surface area (Å²) in [4.78, 5) is 30.5. The van der Waals surface area contributed by atoms with E-state index in [1.54, 1.807) is 6.92 Å². The van der Waals surface area contributed by atoms with E-state index in [1.165, 1.54) is 10.9 Å². The van der Waals surface area contributed by atoms with Gasteiger partial charge in [0.1, 0.15) is 18.3 Å². The fourth-order valence-electron chi connectivity index (χ4n) is 2.63. The van der Waals surface area contributed by atoms with Crippen molar-refractivity contribution in [1.29, 1.82) is 0 Å². The molecule has 0 spiro atoms. The molecular formula is C14H18N4O3. The normalized spacial score (nSPS) is 16.6. The zero-order chi connectivity index (χ0) is 15.0. The van der Waals surface area contributed by atoms with Gasteiger partial charge in [-0.05, 0) is 25.7 Å². The van der Waals surface area contributed by atoms with Crippen molar-refractivity contribution in [3.05, 3.63) is 22.4 Å². The van der Waals surface area contributed by atoms with Crippen LogP contribution in [0.2, 0.25) is 0 Å². The summed E-state index contributed by atoms with van der Waals surface area (Å²) in [7, 11) is 0. The third-order valence-electron chi connectivity index (χ3n) is 4.08. The third kappa shape index (κ3) is 2.55. The number of fused-ring (bicyclic) bond motifs is 1. The lowest BCUT2D eigenvalue weighted by molar-refractivity contribution is -0.133. The molecule has 0 aliphatic carbocycles. The standard InChI is InChI=1S/C14H18N4O3/c1-9-3-5-17(6-4-9)11(19)7-18-8-15-13-12(14(18)20)10(2)16-21-13/h8-9H,3-7H2,1-2H3. The Morgan fingerprint density at radius 3 is 2.86 bits per heavy atom. The number of aromatic nitrogens is 3. The van der Waals surface area contributed by atoms with E-state index in [0.717, 1.165) is 25.9 Å². The fraction of sp³-hybridized carbons (Fsp3) is 0.571. The first-order valence-electron chi connectivity index (χ1n) is 7.15. The molecule has 0 bridgehead atoms. The van der Waals surface area contributed by atoms with E-state index in [1.807, 2.05) is 4.90 Å². The number of aryl methyl sites for hydroxylation is 1. The smallest absolute Gasteiger partial charge is 0.267 e. The Morgan fingerprint density at radius 1 is 1.43 bits per heavy atom. The monoisotopic (exact) mass is 290 g/mol. The summed E-state index contributed by atoms with van der Waals surface area (Å²) >= 11 is 0. The largest absolute Gasteiger partial charge is 0.341 e. The molecule has 3 rings (SSSR count). The lowest BCUT2D eigenvalue weighted by Crippen LogP contribution is -2.41. The van der Waals surface area contributed by atoms with Crippen molar-refractivity contribution in [1.82, 2.24) is 19.6 Å². The average molecular weight is 290 g/mol. The van der Waals surface area contributed by atoms with Gasteiger partial charge < -0.3 is 9.42 Å². The number of nitrogens with zero attached hydrogens (tertiary/aromatic N) is 4. The second kappa shape index (κ2) is 5.31. The summed E-state index contributed by atoms with van der Waals surface area (Å²) in [6.07, 6.45) is 3.38. The molecule has 2 aromatic rings. The highest BCUT2D eigenvalue weighted by atomic mass is 16.5. The first-order chi connectivity index (χ1) is 10.1. The van der Waals surface area contributed by atoms with Gasteiger partial charge in [0.05, 0.1) is 5.69 Å². The molecule has 0 radical (unpaired) electrons.